The van der Waals surface area contributed by atoms with Crippen molar-refractivity contribution < 1.29 is 19.1 Å². The summed E-state index contributed by atoms with van der Waals surface area (Å²) in [7, 11) is 0. The molecule has 1 fully saturated rings. The summed E-state index contributed by atoms with van der Waals surface area (Å²) < 4.78 is 6.23. The van der Waals surface area contributed by atoms with Gasteiger partial charge in [-0.05, 0) is 19.8 Å². The van der Waals surface area contributed by atoms with E-state index in [-0.39, 0.29) is 29.8 Å². The number of amides is 2. The van der Waals surface area contributed by atoms with Crippen molar-refractivity contribution in [2.45, 2.75) is 26.3 Å². The van der Waals surface area contributed by atoms with Gasteiger partial charge in [0.25, 0.3) is 5.91 Å². The first-order valence-electron chi connectivity index (χ1n) is 7.26. The molecule has 2 N–H and O–H groups in total. The minimum absolute atomic E-state index is 0.217. The summed E-state index contributed by atoms with van der Waals surface area (Å²) in [6.07, 6.45) is 1.36. The SMILES string of the molecule is Cc1csc(=O)n1CC(=O)OCC(=O)N1CCC[C@H](C(N)=O)C1. The number of hydrogen-bond acceptors (Lipinski definition) is 6. The number of primary amides is 1. The van der Waals surface area contributed by atoms with E-state index >= 15 is 0 Å². The average Bonchev–Trinajstić information content (AvgIpc) is 2.84. The van der Waals surface area contributed by atoms with E-state index in [9.17, 15) is 19.2 Å². The lowest BCUT2D eigenvalue weighted by molar-refractivity contribution is -0.153. The lowest BCUT2D eigenvalue weighted by Gasteiger charge is -2.31. The van der Waals surface area contributed by atoms with Crippen molar-refractivity contribution in [1.29, 1.82) is 0 Å². The fraction of sp³-hybridized carbons (Fsp3) is 0.571. The van der Waals surface area contributed by atoms with Crippen molar-refractivity contribution in [1.82, 2.24) is 9.47 Å². The number of carbonyl (C=O) groups excluding carboxylic acids is 3. The molecule has 8 nitrogen and oxygen atoms in total. The molecule has 0 bridgehead atoms. The number of piperidine rings is 1. The van der Waals surface area contributed by atoms with E-state index in [2.05, 4.69) is 0 Å². The smallest absolute Gasteiger partial charge is 0.326 e. The number of rotatable bonds is 5. The maximum Gasteiger partial charge on any atom is 0.326 e. The van der Waals surface area contributed by atoms with E-state index in [0.29, 0.717) is 25.1 Å². The molecular formula is C14H19N3O5S. The highest BCUT2D eigenvalue weighted by Crippen LogP contribution is 2.16. The number of ether oxygens (including phenoxy) is 1. The number of nitrogens with two attached hydrogens (primary N) is 1. The Bertz CT molecular complexity index is 666. The van der Waals surface area contributed by atoms with Crippen LogP contribution in [0.2, 0.25) is 0 Å². The number of esters is 1. The topological polar surface area (TPSA) is 112 Å². The number of aryl methyl sites for hydroxylation is 1. The zero-order chi connectivity index (χ0) is 17.0. The van der Waals surface area contributed by atoms with Gasteiger partial charge in [-0.25, -0.2) is 0 Å². The van der Waals surface area contributed by atoms with E-state index in [4.69, 9.17) is 10.5 Å². The van der Waals surface area contributed by atoms with E-state index in [1.165, 1.54) is 9.47 Å². The molecule has 2 amide bonds. The normalized spacial score (nSPS) is 17.8. The van der Waals surface area contributed by atoms with Gasteiger partial charge in [-0.2, -0.15) is 0 Å². The Labute approximate surface area is 136 Å². The molecule has 23 heavy (non-hydrogen) atoms. The molecule has 1 aromatic rings. The Morgan fingerprint density at radius 1 is 1.43 bits per heavy atom. The quantitative estimate of drug-likeness (QED) is 0.725. The first-order chi connectivity index (χ1) is 10.9. The summed E-state index contributed by atoms with van der Waals surface area (Å²) in [5.74, 6) is -1.79. The summed E-state index contributed by atoms with van der Waals surface area (Å²) >= 11 is 1.00. The van der Waals surface area contributed by atoms with Crippen molar-refractivity contribution in [3.63, 3.8) is 0 Å². The van der Waals surface area contributed by atoms with Gasteiger partial charge in [-0.1, -0.05) is 11.3 Å². The molecule has 1 atom stereocenters. The minimum atomic E-state index is -0.648. The van der Waals surface area contributed by atoms with Gasteiger partial charge in [0.2, 0.25) is 5.91 Å². The Morgan fingerprint density at radius 3 is 2.78 bits per heavy atom. The van der Waals surface area contributed by atoms with Gasteiger partial charge in [0.1, 0.15) is 6.54 Å². The van der Waals surface area contributed by atoms with Crippen LogP contribution in [0.4, 0.5) is 0 Å². The van der Waals surface area contributed by atoms with Crippen LogP contribution in [0.15, 0.2) is 10.2 Å². The van der Waals surface area contributed by atoms with Crippen LogP contribution >= 0.6 is 11.3 Å². The van der Waals surface area contributed by atoms with E-state index in [1.807, 2.05) is 0 Å². The predicted molar refractivity (Wildman–Crippen MR) is 82.8 cm³/mol. The van der Waals surface area contributed by atoms with Gasteiger partial charge in [0, 0.05) is 24.2 Å². The molecule has 9 heteroatoms. The number of nitrogens with zero attached hydrogens (tertiary/aromatic N) is 2. The molecule has 0 saturated carbocycles. The van der Waals surface area contributed by atoms with Crippen LogP contribution in [0.1, 0.15) is 18.5 Å². The second-order valence-corrected chi connectivity index (χ2v) is 6.29. The second kappa shape index (κ2) is 7.40. The highest BCUT2D eigenvalue weighted by Gasteiger charge is 2.27. The summed E-state index contributed by atoms with van der Waals surface area (Å²) in [4.78, 5) is 47.7. The van der Waals surface area contributed by atoms with Crippen molar-refractivity contribution in [3.8, 4) is 0 Å². The summed E-state index contributed by atoms with van der Waals surface area (Å²) in [5.41, 5.74) is 5.93. The molecule has 1 aliphatic heterocycles. The van der Waals surface area contributed by atoms with Gasteiger partial charge < -0.3 is 15.4 Å². The van der Waals surface area contributed by atoms with Gasteiger partial charge in [0.15, 0.2) is 6.61 Å². The minimum Gasteiger partial charge on any atom is -0.454 e. The van der Waals surface area contributed by atoms with Crippen LogP contribution in [0.3, 0.4) is 0 Å². The third kappa shape index (κ3) is 4.41. The summed E-state index contributed by atoms with van der Waals surface area (Å²) in [6, 6.07) is 0. The lowest BCUT2D eigenvalue weighted by Crippen LogP contribution is -2.45. The highest BCUT2D eigenvalue weighted by atomic mass is 32.1. The Balaban J connectivity index is 1.83. The van der Waals surface area contributed by atoms with E-state index in [1.54, 1.807) is 12.3 Å². The highest BCUT2D eigenvalue weighted by molar-refractivity contribution is 7.07. The number of carbonyl (C=O) groups is 3. The predicted octanol–water partition coefficient (Wildman–Crippen LogP) is -0.515. The maximum absolute atomic E-state index is 12.0. The standard InChI is InChI=1S/C14H19N3O5S/c1-9-8-23-14(21)17(9)6-12(19)22-7-11(18)16-4-2-3-10(5-16)13(15)20/h8,10H,2-7H2,1H3,(H2,15,20)/t10-/m0/s1. The largest absolute Gasteiger partial charge is 0.454 e. The molecule has 1 saturated heterocycles. The van der Waals surface area contributed by atoms with Gasteiger partial charge in [0.05, 0.1) is 5.92 Å². The van der Waals surface area contributed by atoms with Crippen LogP contribution in [-0.4, -0.2) is 46.9 Å². The van der Waals surface area contributed by atoms with E-state index < -0.39 is 18.5 Å². The average molecular weight is 341 g/mol. The molecule has 2 heterocycles. The molecular weight excluding hydrogens is 322 g/mol. The van der Waals surface area contributed by atoms with Crippen LogP contribution in [-0.2, 0) is 25.7 Å². The number of thiazole rings is 1. The Morgan fingerprint density at radius 2 is 2.17 bits per heavy atom. The first-order valence-corrected chi connectivity index (χ1v) is 8.14. The van der Waals surface area contributed by atoms with Crippen molar-refractivity contribution in [2.24, 2.45) is 11.7 Å². The van der Waals surface area contributed by atoms with Gasteiger partial charge in [-0.3, -0.25) is 23.7 Å². The van der Waals surface area contributed by atoms with Crippen molar-refractivity contribution in [3.05, 3.63) is 20.7 Å². The molecule has 0 aromatic carbocycles. The van der Waals surface area contributed by atoms with Gasteiger partial charge in [-0.15, -0.1) is 0 Å². The lowest BCUT2D eigenvalue weighted by atomic mass is 9.97. The molecule has 1 aliphatic rings. The Kier molecular flexibility index (Phi) is 5.54. The fourth-order valence-electron chi connectivity index (χ4n) is 2.44. The molecule has 0 spiro atoms. The molecule has 1 aromatic heterocycles. The summed E-state index contributed by atoms with van der Waals surface area (Å²) in [6.45, 7) is 1.87. The van der Waals surface area contributed by atoms with Crippen molar-refractivity contribution >= 4 is 29.1 Å². The van der Waals surface area contributed by atoms with Crippen LogP contribution in [0.25, 0.3) is 0 Å². The Hall–Kier alpha value is -2.16. The summed E-state index contributed by atoms with van der Waals surface area (Å²) in [5, 5.41) is 1.65. The number of likely N-dealkylation sites (tertiary alicyclic amines) is 1. The monoisotopic (exact) mass is 341 g/mol. The van der Waals surface area contributed by atoms with Gasteiger partial charge >= 0.3 is 10.8 Å². The zero-order valence-corrected chi connectivity index (χ0v) is 13.6. The van der Waals surface area contributed by atoms with Crippen LogP contribution in [0.5, 0.6) is 0 Å². The maximum atomic E-state index is 12.0. The van der Waals surface area contributed by atoms with E-state index in [0.717, 1.165) is 11.3 Å². The zero-order valence-electron chi connectivity index (χ0n) is 12.8. The molecule has 126 valence electrons. The third-order valence-corrected chi connectivity index (χ3v) is 4.68. The molecule has 0 radical (unpaired) electrons. The molecule has 0 unspecified atom stereocenters. The molecule has 0 aliphatic carbocycles. The first kappa shape index (κ1) is 17.2. The van der Waals surface area contributed by atoms with Crippen molar-refractivity contribution in [2.75, 3.05) is 19.7 Å². The second-order valence-electron chi connectivity index (χ2n) is 5.47. The van der Waals surface area contributed by atoms with Crippen LogP contribution in [0, 0.1) is 12.8 Å². The van der Waals surface area contributed by atoms with Crippen LogP contribution < -0.4 is 10.6 Å². The fourth-order valence-corrected chi connectivity index (χ4v) is 3.17. The number of aromatic nitrogens is 1. The third-order valence-electron chi connectivity index (χ3n) is 3.80. The number of hydrogen-bond donors (Lipinski definition) is 1. The molecule has 2 rings (SSSR count).